The summed E-state index contributed by atoms with van der Waals surface area (Å²) in [5, 5.41) is 3.65. The van der Waals surface area contributed by atoms with Crippen LogP contribution >= 0.6 is 0 Å². The lowest BCUT2D eigenvalue weighted by atomic mass is 9.94. The summed E-state index contributed by atoms with van der Waals surface area (Å²) >= 11 is 0. The topological polar surface area (TPSA) is 24.5 Å². The standard InChI is InChI=1S/C13H26N2O/c1-11-4-5-14-13(8-11)10-15-6-3-7-16-12(2)9-15/h11-14H,3-10H2,1-2H3. The van der Waals surface area contributed by atoms with Gasteiger partial charge in [-0.3, -0.25) is 4.90 Å². The average molecular weight is 226 g/mol. The molecule has 0 amide bonds. The van der Waals surface area contributed by atoms with Gasteiger partial charge >= 0.3 is 0 Å². The molecule has 3 unspecified atom stereocenters. The number of rotatable bonds is 2. The van der Waals surface area contributed by atoms with Gasteiger partial charge in [0.1, 0.15) is 0 Å². The number of hydrogen-bond acceptors (Lipinski definition) is 3. The summed E-state index contributed by atoms with van der Waals surface area (Å²) in [4.78, 5) is 2.58. The largest absolute Gasteiger partial charge is 0.377 e. The van der Waals surface area contributed by atoms with Gasteiger partial charge in [0, 0.05) is 32.3 Å². The monoisotopic (exact) mass is 226 g/mol. The Hall–Kier alpha value is -0.120. The summed E-state index contributed by atoms with van der Waals surface area (Å²) in [6.07, 6.45) is 4.28. The van der Waals surface area contributed by atoms with Crippen molar-refractivity contribution in [2.24, 2.45) is 5.92 Å². The van der Waals surface area contributed by atoms with Crippen molar-refractivity contribution >= 4 is 0 Å². The van der Waals surface area contributed by atoms with E-state index >= 15 is 0 Å². The lowest BCUT2D eigenvalue weighted by molar-refractivity contribution is 0.0654. The first-order chi connectivity index (χ1) is 7.74. The number of nitrogens with zero attached hydrogens (tertiary/aromatic N) is 1. The molecule has 0 spiro atoms. The van der Waals surface area contributed by atoms with Gasteiger partial charge in [-0.1, -0.05) is 6.92 Å². The zero-order chi connectivity index (χ0) is 11.4. The third-order valence-electron chi connectivity index (χ3n) is 3.77. The number of piperidine rings is 1. The van der Waals surface area contributed by atoms with Crippen molar-refractivity contribution in [1.29, 1.82) is 0 Å². The zero-order valence-electron chi connectivity index (χ0n) is 10.7. The lowest BCUT2D eigenvalue weighted by Gasteiger charge is -2.33. The van der Waals surface area contributed by atoms with Crippen molar-refractivity contribution in [3.05, 3.63) is 0 Å². The van der Waals surface area contributed by atoms with Crippen molar-refractivity contribution in [3.63, 3.8) is 0 Å². The van der Waals surface area contributed by atoms with Crippen LogP contribution in [0.4, 0.5) is 0 Å². The van der Waals surface area contributed by atoms with E-state index in [0.717, 1.165) is 19.1 Å². The molecule has 0 aromatic rings. The molecule has 3 atom stereocenters. The second-order valence-corrected chi connectivity index (χ2v) is 5.58. The van der Waals surface area contributed by atoms with Gasteiger partial charge < -0.3 is 10.1 Å². The molecule has 0 aromatic heterocycles. The van der Waals surface area contributed by atoms with Crippen molar-refractivity contribution in [2.45, 2.75) is 45.3 Å². The Kier molecular flexibility index (Phi) is 4.62. The maximum absolute atomic E-state index is 5.68. The van der Waals surface area contributed by atoms with E-state index in [0.29, 0.717) is 12.1 Å². The van der Waals surface area contributed by atoms with Crippen molar-refractivity contribution in [3.8, 4) is 0 Å². The summed E-state index contributed by atoms with van der Waals surface area (Å²) < 4.78 is 5.68. The molecule has 94 valence electrons. The SMILES string of the molecule is CC1CCNC(CN2CCCOC(C)C2)C1. The van der Waals surface area contributed by atoms with Gasteiger partial charge in [0.15, 0.2) is 0 Å². The minimum absolute atomic E-state index is 0.406. The molecule has 2 heterocycles. The molecule has 0 saturated carbocycles. The smallest absolute Gasteiger partial charge is 0.0673 e. The molecule has 0 aromatic carbocycles. The van der Waals surface area contributed by atoms with Crippen LogP contribution in [0, 0.1) is 5.92 Å². The third-order valence-corrected chi connectivity index (χ3v) is 3.77. The Labute approximate surface area is 99.5 Å². The molecular formula is C13H26N2O. The first-order valence-electron chi connectivity index (χ1n) is 6.81. The fourth-order valence-corrected chi connectivity index (χ4v) is 2.92. The highest BCUT2D eigenvalue weighted by Crippen LogP contribution is 2.16. The molecule has 3 heteroatoms. The van der Waals surface area contributed by atoms with Gasteiger partial charge in [0.25, 0.3) is 0 Å². The van der Waals surface area contributed by atoms with Gasteiger partial charge in [0.2, 0.25) is 0 Å². The predicted octanol–water partition coefficient (Wildman–Crippen LogP) is 1.49. The van der Waals surface area contributed by atoms with Crippen LogP contribution in [-0.4, -0.2) is 49.8 Å². The molecule has 2 aliphatic rings. The van der Waals surface area contributed by atoms with Gasteiger partial charge in [-0.15, -0.1) is 0 Å². The Balaban J connectivity index is 1.78. The normalized spacial score (nSPS) is 38.2. The zero-order valence-corrected chi connectivity index (χ0v) is 10.7. The molecule has 16 heavy (non-hydrogen) atoms. The van der Waals surface area contributed by atoms with E-state index in [2.05, 4.69) is 24.1 Å². The summed E-state index contributed by atoms with van der Waals surface area (Å²) in [5.41, 5.74) is 0. The highest BCUT2D eigenvalue weighted by Gasteiger charge is 2.22. The van der Waals surface area contributed by atoms with Crippen molar-refractivity contribution in [2.75, 3.05) is 32.8 Å². The molecule has 0 bridgehead atoms. The van der Waals surface area contributed by atoms with E-state index in [1.165, 1.54) is 38.9 Å². The van der Waals surface area contributed by atoms with Gasteiger partial charge in [-0.25, -0.2) is 0 Å². The van der Waals surface area contributed by atoms with Crippen LogP contribution in [0.1, 0.15) is 33.1 Å². The van der Waals surface area contributed by atoms with Gasteiger partial charge in [-0.05, 0) is 38.6 Å². The average Bonchev–Trinajstić information content (AvgIpc) is 2.43. The van der Waals surface area contributed by atoms with Crippen LogP contribution in [0.25, 0.3) is 0 Å². The Morgan fingerprint density at radius 3 is 3.06 bits per heavy atom. The molecule has 2 rings (SSSR count). The Morgan fingerprint density at radius 1 is 1.38 bits per heavy atom. The maximum Gasteiger partial charge on any atom is 0.0673 e. The molecule has 0 aliphatic carbocycles. The molecule has 1 N–H and O–H groups in total. The van der Waals surface area contributed by atoms with Crippen LogP contribution in [0.2, 0.25) is 0 Å². The highest BCUT2D eigenvalue weighted by molar-refractivity contribution is 4.80. The van der Waals surface area contributed by atoms with E-state index in [1.807, 2.05) is 0 Å². The third kappa shape index (κ3) is 3.72. The van der Waals surface area contributed by atoms with E-state index < -0.39 is 0 Å². The fraction of sp³-hybridized carbons (Fsp3) is 1.00. The summed E-state index contributed by atoms with van der Waals surface area (Å²) in [6.45, 7) is 10.2. The molecule has 3 nitrogen and oxygen atoms in total. The summed E-state index contributed by atoms with van der Waals surface area (Å²) in [5.74, 6) is 0.895. The van der Waals surface area contributed by atoms with E-state index in [9.17, 15) is 0 Å². The maximum atomic E-state index is 5.68. The molecule has 0 radical (unpaired) electrons. The minimum Gasteiger partial charge on any atom is -0.377 e. The number of ether oxygens (including phenoxy) is 1. The molecule has 2 aliphatic heterocycles. The lowest BCUT2D eigenvalue weighted by Crippen LogP contribution is -2.46. The predicted molar refractivity (Wildman–Crippen MR) is 66.7 cm³/mol. The summed E-state index contributed by atoms with van der Waals surface area (Å²) in [6, 6.07) is 0.703. The van der Waals surface area contributed by atoms with Crippen LogP contribution in [-0.2, 0) is 4.74 Å². The molecule has 2 fully saturated rings. The minimum atomic E-state index is 0.406. The molecule has 2 saturated heterocycles. The van der Waals surface area contributed by atoms with E-state index in [4.69, 9.17) is 4.74 Å². The quantitative estimate of drug-likeness (QED) is 0.772. The van der Waals surface area contributed by atoms with Crippen LogP contribution in [0.15, 0.2) is 0 Å². The first-order valence-corrected chi connectivity index (χ1v) is 6.81. The van der Waals surface area contributed by atoms with Crippen LogP contribution < -0.4 is 5.32 Å². The number of hydrogen-bond donors (Lipinski definition) is 1. The Morgan fingerprint density at radius 2 is 2.25 bits per heavy atom. The Bertz CT molecular complexity index is 210. The van der Waals surface area contributed by atoms with Crippen molar-refractivity contribution in [1.82, 2.24) is 10.2 Å². The second kappa shape index (κ2) is 5.99. The first kappa shape index (κ1) is 12.3. The second-order valence-electron chi connectivity index (χ2n) is 5.58. The van der Waals surface area contributed by atoms with Gasteiger partial charge in [0.05, 0.1) is 6.10 Å². The van der Waals surface area contributed by atoms with Crippen LogP contribution in [0.3, 0.4) is 0 Å². The highest BCUT2D eigenvalue weighted by atomic mass is 16.5. The van der Waals surface area contributed by atoms with Crippen LogP contribution in [0.5, 0.6) is 0 Å². The van der Waals surface area contributed by atoms with Crippen molar-refractivity contribution < 1.29 is 4.74 Å². The van der Waals surface area contributed by atoms with Gasteiger partial charge in [-0.2, -0.15) is 0 Å². The summed E-state index contributed by atoms with van der Waals surface area (Å²) in [7, 11) is 0. The fourth-order valence-electron chi connectivity index (χ4n) is 2.92. The number of nitrogens with one attached hydrogen (secondary N) is 1. The van der Waals surface area contributed by atoms with E-state index in [-0.39, 0.29) is 0 Å². The molecular weight excluding hydrogens is 200 g/mol. The van der Waals surface area contributed by atoms with E-state index in [1.54, 1.807) is 0 Å².